The van der Waals surface area contributed by atoms with Crippen molar-refractivity contribution in [3.8, 4) is 28.7 Å². The molecule has 8 nitrogen and oxygen atoms in total. The van der Waals surface area contributed by atoms with E-state index in [1.807, 2.05) is 0 Å². The second kappa shape index (κ2) is 7.59. The van der Waals surface area contributed by atoms with Gasteiger partial charge in [0.05, 0.1) is 24.7 Å². The van der Waals surface area contributed by atoms with Crippen LogP contribution in [0.15, 0.2) is 36.7 Å². The summed E-state index contributed by atoms with van der Waals surface area (Å²) >= 11 is 0. The van der Waals surface area contributed by atoms with E-state index in [9.17, 15) is 18.4 Å². The molecule has 3 heterocycles. The molecular weight excluding hydrogens is 398 g/mol. The first-order chi connectivity index (χ1) is 14.4. The van der Waals surface area contributed by atoms with E-state index in [2.05, 4.69) is 10.3 Å². The Morgan fingerprint density at radius 3 is 2.90 bits per heavy atom. The fourth-order valence-corrected chi connectivity index (χ4v) is 3.43. The van der Waals surface area contributed by atoms with Gasteiger partial charge in [0.25, 0.3) is 11.8 Å². The number of rotatable bonds is 4. The number of ether oxygens (including phenoxy) is 2. The van der Waals surface area contributed by atoms with Crippen LogP contribution >= 0.6 is 0 Å². The first-order valence-corrected chi connectivity index (χ1v) is 9.07. The Hall–Kier alpha value is -3.74. The Labute approximate surface area is 170 Å². The number of nitriles is 1. The molecule has 0 radical (unpaired) electrons. The number of hydrogen-bond donors (Lipinski definition) is 1. The predicted molar refractivity (Wildman–Crippen MR) is 98.8 cm³/mol. The van der Waals surface area contributed by atoms with Crippen molar-refractivity contribution < 1.29 is 27.8 Å². The van der Waals surface area contributed by atoms with Crippen LogP contribution in [-0.2, 0) is 4.79 Å². The number of pyridine rings is 1. The second-order valence-corrected chi connectivity index (χ2v) is 6.90. The summed E-state index contributed by atoms with van der Waals surface area (Å²) in [4.78, 5) is 29.8. The minimum absolute atomic E-state index is 0.112. The van der Waals surface area contributed by atoms with Crippen LogP contribution in [0.25, 0.3) is 11.1 Å². The van der Waals surface area contributed by atoms with E-state index < -0.39 is 43.3 Å². The Balaban J connectivity index is 1.49. The topological polar surface area (TPSA) is 105 Å². The molecule has 0 bridgehead atoms. The minimum Gasteiger partial charge on any atom is -0.454 e. The van der Waals surface area contributed by atoms with Gasteiger partial charge in [0.2, 0.25) is 12.7 Å². The highest BCUT2D eigenvalue weighted by Gasteiger charge is 2.47. The van der Waals surface area contributed by atoms with Crippen molar-refractivity contribution in [1.82, 2.24) is 15.2 Å². The lowest BCUT2D eigenvalue weighted by atomic mass is 10.0. The third-order valence-electron chi connectivity index (χ3n) is 4.89. The molecule has 1 aromatic carbocycles. The van der Waals surface area contributed by atoms with E-state index in [1.165, 1.54) is 18.5 Å². The van der Waals surface area contributed by atoms with Crippen molar-refractivity contribution in [3.05, 3.63) is 42.2 Å². The van der Waals surface area contributed by atoms with E-state index in [0.717, 1.165) is 4.90 Å². The molecule has 4 rings (SSSR count). The number of carbonyl (C=O) groups excluding carboxylic acids is 2. The molecule has 154 valence electrons. The molecule has 1 unspecified atom stereocenters. The fraction of sp³-hybridized carbons (Fsp3) is 0.300. The number of nitrogens with one attached hydrogen (secondary N) is 1. The van der Waals surface area contributed by atoms with E-state index in [-0.39, 0.29) is 12.4 Å². The molecule has 2 aliphatic heterocycles. The van der Waals surface area contributed by atoms with Crippen molar-refractivity contribution in [3.63, 3.8) is 0 Å². The molecule has 1 saturated heterocycles. The highest BCUT2D eigenvalue weighted by Crippen LogP contribution is 2.36. The lowest BCUT2D eigenvalue weighted by Gasteiger charge is -2.19. The Morgan fingerprint density at radius 1 is 1.30 bits per heavy atom. The van der Waals surface area contributed by atoms with Crippen molar-refractivity contribution in [2.75, 3.05) is 19.9 Å². The number of amides is 2. The number of hydrogen-bond acceptors (Lipinski definition) is 6. The minimum atomic E-state index is -3.11. The molecule has 1 N–H and O–H groups in total. The number of alkyl halides is 2. The summed E-state index contributed by atoms with van der Waals surface area (Å²) in [6, 6.07) is 7.15. The average molecular weight is 414 g/mol. The van der Waals surface area contributed by atoms with Crippen molar-refractivity contribution in [1.29, 1.82) is 5.26 Å². The maximum atomic E-state index is 13.5. The molecule has 0 spiro atoms. The largest absolute Gasteiger partial charge is 0.454 e. The molecule has 2 amide bonds. The van der Waals surface area contributed by atoms with E-state index in [4.69, 9.17) is 14.7 Å². The van der Waals surface area contributed by atoms with Gasteiger partial charge < -0.3 is 19.7 Å². The summed E-state index contributed by atoms with van der Waals surface area (Å²) < 4.78 is 37.7. The molecular formula is C20H16F2N4O4. The van der Waals surface area contributed by atoms with Crippen LogP contribution in [0, 0.1) is 11.3 Å². The van der Waals surface area contributed by atoms with Crippen molar-refractivity contribution in [2.45, 2.75) is 18.4 Å². The monoisotopic (exact) mass is 414 g/mol. The van der Waals surface area contributed by atoms with Gasteiger partial charge in [-0.1, -0.05) is 6.07 Å². The Morgan fingerprint density at radius 2 is 2.10 bits per heavy atom. The first-order valence-electron chi connectivity index (χ1n) is 9.07. The molecule has 2 aliphatic rings. The van der Waals surface area contributed by atoms with Gasteiger partial charge in [-0.05, 0) is 23.8 Å². The first kappa shape index (κ1) is 19.6. The molecule has 30 heavy (non-hydrogen) atoms. The molecule has 2 aromatic rings. The quantitative estimate of drug-likeness (QED) is 0.820. The Kier molecular flexibility index (Phi) is 4.95. The Bertz CT molecular complexity index is 1050. The highest BCUT2D eigenvalue weighted by atomic mass is 19.3. The maximum Gasteiger partial charge on any atom is 0.268 e. The predicted octanol–water partition coefficient (Wildman–Crippen LogP) is 1.97. The molecule has 1 fully saturated rings. The number of nitrogens with zero attached hydrogens (tertiary/aromatic N) is 3. The molecule has 0 aliphatic carbocycles. The number of fused-ring (bicyclic) bond motifs is 1. The lowest BCUT2D eigenvalue weighted by molar-refractivity contribution is -0.131. The number of likely N-dealkylation sites (tertiary alicyclic amines) is 1. The van der Waals surface area contributed by atoms with Gasteiger partial charge in [-0.2, -0.15) is 5.26 Å². The van der Waals surface area contributed by atoms with Crippen molar-refractivity contribution >= 4 is 11.8 Å². The van der Waals surface area contributed by atoms with E-state index >= 15 is 0 Å². The van der Waals surface area contributed by atoms with Crippen LogP contribution in [0.5, 0.6) is 11.5 Å². The second-order valence-electron chi connectivity index (χ2n) is 6.90. The molecule has 1 aromatic heterocycles. The summed E-state index contributed by atoms with van der Waals surface area (Å²) in [5, 5.41) is 11.5. The highest BCUT2D eigenvalue weighted by molar-refractivity contribution is 6.02. The zero-order valence-corrected chi connectivity index (χ0v) is 15.6. The van der Waals surface area contributed by atoms with Crippen LogP contribution < -0.4 is 14.8 Å². The third kappa shape index (κ3) is 3.74. The van der Waals surface area contributed by atoms with Gasteiger partial charge in [-0.3, -0.25) is 14.6 Å². The van der Waals surface area contributed by atoms with E-state index in [0.29, 0.717) is 22.6 Å². The number of halogens is 2. The van der Waals surface area contributed by atoms with Gasteiger partial charge in [-0.15, -0.1) is 0 Å². The summed E-state index contributed by atoms with van der Waals surface area (Å²) in [5.41, 5.74) is 1.41. The normalized spacial score (nSPS) is 18.7. The molecule has 10 heteroatoms. The van der Waals surface area contributed by atoms with Gasteiger partial charge in [0.15, 0.2) is 11.5 Å². The number of benzene rings is 1. The zero-order chi connectivity index (χ0) is 21.3. The summed E-state index contributed by atoms with van der Waals surface area (Å²) in [5.74, 6) is -3.30. The van der Waals surface area contributed by atoms with Gasteiger partial charge in [0, 0.05) is 24.4 Å². The van der Waals surface area contributed by atoms with Crippen molar-refractivity contribution in [2.24, 2.45) is 0 Å². The summed E-state index contributed by atoms with van der Waals surface area (Å²) in [6.07, 6.45) is 2.22. The van der Waals surface area contributed by atoms with Gasteiger partial charge in [-0.25, -0.2) is 8.78 Å². The summed E-state index contributed by atoms with van der Waals surface area (Å²) in [6.45, 7) is -1.23. The molecule has 0 saturated carbocycles. The van der Waals surface area contributed by atoms with Crippen LogP contribution in [0.4, 0.5) is 8.78 Å². The third-order valence-corrected chi connectivity index (χ3v) is 4.89. The van der Waals surface area contributed by atoms with Crippen LogP contribution in [0.3, 0.4) is 0 Å². The van der Waals surface area contributed by atoms with Crippen LogP contribution in [-0.4, -0.2) is 53.5 Å². The van der Waals surface area contributed by atoms with E-state index in [1.54, 1.807) is 24.3 Å². The SMILES string of the molecule is N#CC1CC(F)(F)CN1C(=O)CNC(=O)c1ccncc1-c1ccc2c(c1)OCO2. The van der Waals surface area contributed by atoms with Crippen LogP contribution in [0.1, 0.15) is 16.8 Å². The van der Waals surface area contributed by atoms with Gasteiger partial charge in [0.1, 0.15) is 6.04 Å². The smallest absolute Gasteiger partial charge is 0.268 e. The standard InChI is InChI=1S/C20H16F2N4O4/c21-20(22)6-13(7-23)26(10-20)18(27)9-25-19(28)14-3-4-24-8-15(14)12-1-2-16-17(5-12)30-11-29-16/h1-5,8,13H,6,9-11H2,(H,25,28). The fourth-order valence-electron chi connectivity index (χ4n) is 3.43. The average Bonchev–Trinajstić information content (AvgIpc) is 3.34. The van der Waals surface area contributed by atoms with Crippen LogP contribution in [0.2, 0.25) is 0 Å². The lowest BCUT2D eigenvalue weighted by Crippen LogP contribution is -2.43. The van der Waals surface area contributed by atoms with Gasteiger partial charge >= 0.3 is 0 Å². The zero-order valence-electron chi connectivity index (χ0n) is 15.6. The summed E-state index contributed by atoms with van der Waals surface area (Å²) in [7, 11) is 0. The number of aromatic nitrogens is 1. The maximum absolute atomic E-state index is 13.5. The number of carbonyl (C=O) groups is 2. The molecule has 1 atom stereocenters.